The summed E-state index contributed by atoms with van der Waals surface area (Å²) in [4.78, 5) is 16.8. The van der Waals surface area contributed by atoms with E-state index in [0.717, 1.165) is 17.0 Å². The third-order valence-electron chi connectivity index (χ3n) is 5.76. The Bertz CT molecular complexity index is 1450. The summed E-state index contributed by atoms with van der Waals surface area (Å²) in [6.07, 6.45) is 5.66. The maximum absolute atomic E-state index is 15.1. The van der Waals surface area contributed by atoms with E-state index in [9.17, 15) is 10.1 Å². The fraction of sp³-hybridized carbons (Fsp3) is 0.370. The van der Waals surface area contributed by atoms with Crippen LogP contribution in [0.5, 0.6) is 0 Å². The second-order valence-corrected chi connectivity index (χ2v) is 9.84. The topological polar surface area (TPSA) is 123 Å². The smallest absolute Gasteiger partial charge is 0.306 e. The number of nitriles is 1. The van der Waals surface area contributed by atoms with Crippen molar-refractivity contribution in [1.82, 2.24) is 24.5 Å². The molecular formula is C27H31FN8O2. The van der Waals surface area contributed by atoms with Crippen LogP contribution in [0.15, 0.2) is 48.9 Å². The molecule has 2 N–H and O–H groups in total. The molecule has 11 heteroatoms. The van der Waals surface area contributed by atoms with Gasteiger partial charge in [-0.2, -0.15) is 15.5 Å². The van der Waals surface area contributed by atoms with E-state index in [1.807, 2.05) is 56.6 Å². The molecule has 0 aliphatic rings. The highest BCUT2D eigenvalue weighted by Gasteiger charge is 2.21. The van der Waals surface area contributed by atoms with Gasteiger partial charge in [-0.1, -0.05) is 6.07 Å². The number of hydrogen-bond acceptors (Lipinski definition) is 8. The number of aryl methyl sites for hydroxylation is 1. The van der Waals surface area contributed by atoms with Gasteiger partial charge in [0.1, 0.15) is 11.7 Å². The summed E-state index contributed by atoms with van der Waals surface area (Å²) >= 11 is 0. The van der Waals surface area contributed by atoms with E-state index in [4.69, 9.17) is 4.74 Å². The molecular weight excluding hydrogens is 487 g/mol. The molecule has 0 radical (unpaired) electrons. The van der Waals surface area contributed by atoms with Gasteiger partial charge in [-0.25, -0.2) is 9.37 Å². The molecule has 1 aromatic carbocycles. The van der Waals surface area contributed by atoms with Crippen LogP contribution in [-0.2, 0) is 22.6 Å². The minimum atomic E-state index is -0.674. The van der Waals surface area contributed by atoms with E-state index in [1.54, 1.807) is 29.3 Å². The number of ether oxygens (including phenoxy) is 1. The van der Waals surface area contributed by atoms with Gasteiger partial charge >= 0.3 is 5.97 Å². The molecule has 38 heavy (non-hydrogen) atoms. The van der Waals surface area contributed by atoms with Gasteiger partial charge in [0.25, 0.3) is 0 Å². The monoisotopic (exact) mass is 518 g/mol. The van der Waals surface area contributed by atoms with E-state index in [2.05, 4.69) is 25.8 Å². The summed E-state index contributed by atoms with van der Waals surface area (Å²) in [6.45, 7) is 8.51. The molecule has 0 spiro atoms. The summed E-state index contributed by atoms with van der Waals surface area (Å²) in [5, 5.41) is 25.4. The highest BCUT2D eigenvalue weighted by Crippen LogP contribution is 2.29. The summed E-state index contributed by atoms with van der Waals surface area (Å²) in [5.74, 6) is -0.852. The fourth-order valence-electron chi connectivity index (χ4n) is 4.08. The van der Waals surface area contributed by atoms with Crippen LogP contribution >= 0.6 is 0 Å². The molecule has 0 unspecified atom stereocenters. The van der Waals surface area contributed by atoms with E-state index >= 15 is 4.39 Å². The van der Waals surface area contributed by atoms with Crippen LogP contribution < -0.4 is 10.6 Å². The number of aromatic nitrogens is 5. The second-order valence-electron chi connectivity index (χ2n) is 9.84. The van der Waals surface area contributed by atoms with E-state index < -0.39 is 17.5 Å². The summed E-state index contributed by atoms with van der Waals surface area (Å²) in [7, 11) is 0. The fourth-order valence-corrected chi connectivity index (χ4v) is 4.08. The molecule has 0 aliphatic heterocycles. The number of carbonyl (C=O) groups excluding carboxylic acids is 1. The third-order valence-corrected chi connectivity index (χ3v) is 5.76. The first-order chi connectivity index (χ1) is 18.2. The van der Waals surface area contributed by atoms with Crippen molar-refractivity contribution in [3.05, 3.63) is 60.3 Å². The van der Waals surface area contributed by atoms with Crippen molar-refractivity contribution < 1.29 is 13.9 Å². The highest BCUT2D eigenvalue weighted by molar-refractivity contribution is 5.93. The first-order valence-electron chi connectivity index (χ1n) is 12.4. The maximum Gasteiger partial charge on any atom is 0.306 e. The Hall–Kier alpha value is -4.46. The zero-order chi connectivity index (χ0) is 27.3. The van der Waals surface area contributed by atoms with Crippen LogP contribution in [0, 0.1) is 17.1 Å². The standard InChI is InChI=1S/C27H31FN8O2/c1-5-36-23-9-6-8-22(20(23)16-31-36)33-25-18(15-29)14-21(28)26(34-25)32-19(17-35-13-7-12-30-35)10-11-24(37)38-27(2,3)4/h6-9,12-14,16,19H,5,10-11,17H2,1-4H3,(H2,32,33,34)/t19-/m0/s1. The average Bonchev–Trinajstić information content (AvgIpc) is 3.53. The number of halogens is 1. The molecule has 0 amide bonds. The van der Waals surface area contributed by atoms with Crippen molar-refractivity contribution in [2.75, 3.05) is 10.6 Å². The van der Waals surface area contributed by atoms with Crippen LogP contribution in [0.4, 0.5) is 21.7 Å². The largest absolute Gasteiger partial charge is 0.460 e. The van der Waals surface area contributed by atoms with Gasteiger partial charge in [0.05, 0.1) is 29.5 Å². The summed E-state index contributed by atoms with van der Waals surface area (Å²) in [5.41, 5.74) is 1.09. The van der Waals surface area contributed by atoms with Crippen molar-refractivity contribution in [2.45, 2.75) is 65.3 Å². The quantitative estimate of drug-likeness (QED) is 0.281. The lowest BCUT2D eigenvalue weighted by Crippen LogP contribution is -2.29. The van der Waals surface area contributed by atoms with Gasteiger partial charge in [0.2, 0.25) is 0 Å². The number of benzene rings is 1. The molecule has 10 nitrogen and oxygen atoms in total. The first-order valence-corrected chi connectivity index (χ1v) is 12.4. The number of nitrogens with one attached hydrogen (secondary N) is 2. The van der Waals surface area contributed by atoms with Crippen LogP contribution in [0.25, 0.3) is 10.9 Å². The number of hydrogen-bond donors (Lipinski definition) is 2. The Labute approximate surface area is 220 Å². The number of esters is 1. The molecule has 0 fully saturated rings. The van der Waals surface area contributed by atoms with Crippen molar-refractivity contribution in [1.29, 1.82) is 5.26 Å². The molecule has 3 aromatic heterocycles. The van der Waals surface area contributed by atoms with E-state index in [1.165, 1.54) is 0 Å². The summed E-state index contributed by atoms with van der Waals surface area (Å²) in [6, 6.07) is 10.2. The third kappa shape index (κ3) is 6.45. The zero-order valence-electron chi connectivity index (χ0n) is 21.9. The number of fused-ring (bicyclic) bond motifs is 1. The van der Waals surface area contributed by atoms with Crippen molar-refractivity contribution >= 4 is 34.2 Å². The lowest BCUT2D eigenvalue weighted by Gasteiger charge is -2.23. The molecule has 1 atom stereocenters. The highest BCUT2D eigenvalue weighted by atomic mass is 19.1. The SMILES string of the molecule is CCn1ncc2c(Nc3nc(N[C@@H](CCC(=O)OC(C)(C)C)Cn4cccn4)c(F)cc3C#N)cccc21. The zero-order valence-corrected chi connectivity index (χ0v) is 21.9. The molecule has 0 saturated heterocycles. The molecule has 0 aliphatic carbocycles. The van der Waals surface area contributed by atoms with Crippen molar-refractivity contribution in [3.63, 3.8) is 0 Å². The number of rotatable bonds is 10. The van der Waals surface area contributed by atoms with Gasteiger partial charge in [0, 0.05) is 36.8 Å². The van der Waals surface area contributed by atoms with Crippen LogP contribution in [0.3, 0.4) is 0 Å². The van der Waals surface area contributed by atoms with Crippen molar-refractivity contribution in [3.8, 4) is 6.07 Å². The van der Waals surface area contributed by atoms with E-state index in [-0.39, 0.29) is 29.6 Å². The first kappa shape index (κ1) is 26.6. The van der Waals surface area contributed by atoms with Crippen LogP contribution in [0.2, 0.25) is 0 Å². The lowest BCUT2D eigenvalue weighted by molar-refractivity contribution is -0.155. The van der Waals surface area contributed by atoms with Crippen LogP contribution in [-0.4, -0.2) is 42.2 Å². The molecule has 0 bridgehead atoms. The van der Waals surface area contributed by atoms with Crippen LogP contribution in [0.1, 0.15) is 46.1 Å². The molecule has 3 heterocycles. The number of anilines is 3. The van der Waals surface area contributed by atoms with Gasteiger partial charge in [-0.05, 0) is 58.4 Å². The number of pyridine rings is 1. The Morgan fingerprint density at radius 1 is 1.24 bits per heavy atom. The lowest BCUT2D eigenvalue weighted by atomic mass is 10.1. The van der Waals surface area contributed by atoms with Gasteiger partial charge in [-0.15, -0.1) is 0 Å². The van der Waals surface area contributed by atoms with Gasteiger partial charge in [0.15, 0.2) is 17.5 Å². The number of nitrogens with zero attached hydrogens (tertiary/aromatic N) is 6. The minimum Gasteiger partial charge on any atom is -0.460 e. The Morgan fingerprint density at radius 3 is 2.74 bits per heavy atom. The Balaban J connectivity index is 1.60. The normalized spacial score (nSPS) is 12.2. The number of carbonyl (C=O) groups is 1. The van der Waals surface area contributed by atoms with Gasteiger partial charge in [-0.3, -0.25) is 14.2 Å². The Morgan fingerprint density at radius 2 is 2.05 bits per heavy atom. The predicted octanol–water partition coefficient (Wildman–Crippen LogP) is 5.00. The molecule has 4 aromatic rings. The Kier molecular flexibility index (Phi) is 7.90. The molecule has 0 saturated carbocycles. The van der Waals surface area contributed by atoms with Gasteiger partial charge < -0.3 is 15.4 Å². The minimum absolute atomic E-state index is 0.0377. The molecule has 4 rings (SSSR count). The van der Waals surface area contributed by atoms with E-state index in [0.29, 0.717) is 25.2 Å². The van der Waals surface area contributed by atoms with Crippen molar-refractivity contribution in [2.24, 2.45) is 0 Å². The second kappa shape index (κ2) is 11.3. The predicted molar refractivity (Wildman–Crippen MR) is 142 cm³/mol. The average molecular weight is 519 g/mol. The maximum atomic E-state index is 15.1. The summed E-state index contributed by atoms with van der Waals surface area (Å²) < 4.78 is 24.1. The molecule has 198 valence electrons.